The standard InChI is InChI=1S/C22H16BrClN2O3S/c1-12-18(21(28)29-2)19(14-6-8-16(24)9-7-14)26-20(27)17(30-22(26)25-12)11-13-4-3-5-15(23)10-13/h3-11,19H,1-2H3/b17-11+/t19-/m1/s1. The van der Waals surface area contributed by atoms with E-state index in [1.807, 2.05) is 30.3 Å². The maximum Gasteiger partial charge on any atom is 0.338 e. The minimum Gasteiger partial charge on any atom is -0.466 e. The Morgan fingerprint density at radius 2 is 2.00 bits per heavy atom. The van der Waals surface area contributed by atoms with Gasteiger partial charge in [-0.25, -0.2) is 9.79 Å². The van der Waals surface area contributed by atoms with Crippen molar-refractivity contribution in [2.24, 2.45) is 4.99 Å². The first-order valence-corrected chi connectivity index (χ1v) is 11.0. The van der Waals surface area contributed by atoms with E-state index in [0.29, 0.717) is 25.6 Å². The van der Waals surface area contributed by atoms with Gasteiger partial charge in [-0.05, 0) is 48.4 Å². The summed E-state index contributed by atoms with van der Waals surface area (Å²) in [5, 5.41) is 0.570. The number of hydrogen-bond donors (Lipinski definition) is 0. The van der Waals surface area contributed by atoms with E-state index >= 15 is 0 Å². The molecule has 0 aliphatic carbocycles. The highest BCUT2D eigenvalue weighted by atomic mass is 79.9. The molecule has 152 valence electrons. The number of halogens is 2. The quantitative estimate of drug-likeness (QED) is 0.511. The zero-order valence-corrected chi connectivity index (χ0v) is 19.2. The molecule has 1 atom stereocenters. The Kier molecular flexibility index (Phi) is 5.77. The summed E-state index contributed by atoms with van der Waals surface area (Å²) < 4.78 is 8.01. The molecule has 4 rings (SSSR count). The van der Waals surface area contributed by atoms with E-state index in [-0.39, 0.29) is 5.56 Å². The molecular formula is C22H16BrClN2O3S. The maximum absolute atomic E-state index is 13.4. The lowest BCUT2D eigenvalue weighted by Gasteiger charge is -2.24. The number of methoxy groups -OCH3 is 1. The predicted octanol–water partition coefficient (Wildman–Crippen LogP) is 3.82. The van der Waals surface area contributed by atoms with Crippen LogP contribution in [-0.4, -0.2) is 17.6 Å². The van der Waals surface area contributed by atoms with Gasteiger partial charge in [0.25, 0.3) is 5.56 Å². The summed E-state index contributed by atoms with van der Waals surface area (Å²) in [6.07, 6.45) is 1.82. The van der Waals surface area contributed by atoms with E-state index in [4.69, 9.17) is 16.3 Å². The van der Waals surface area contributed by atoms with Crippen molar-refractivity contribution in [3.05, 3.63) is 100 Å². The predicted molar refractivity (Wildman–Crippen MR) is 121 cm³/mol. The van der Waals surface area contributed by atoms with Crippen LogP contribution < -0.4 is 14.9 Å². The van der Waals surface area contributed by atoms with Crippen LogP contribution in [0.25, 0.3) is 6.08 Å². The van der Waals surface area contributed by atoms with Crippen molar-refractivity contribution in [2.45, 2.75) is 13.0 Å². The minimum atomic E-state index is -0.643. The molecule has 8 heteroatoms. The Morgan fingerprint density at radius 1 is 1.27 bits per heavy atom. The first-order valence-electron chi connectivity index (χ1n) is 9.01. The largest absolute Gasteiger partial charge is 0.466 e. The minimum absolute atomic E-state index is 0.215. The van der Waals surface area contributed by atoms with Gasteiger partial charge in [0.05, 0.1) is 29.0 Å². The Morgan fingerprint density at radius 3 is 2.67 bits per heavy atom. The Bertz CT molecular complexity index is 1360. The average Bonchev–Trinajstić information content (AvgIpc) is 3.02. The van der Waals surface area contributed by atoms with Crippen LogP contribution in [-0.2, 0) is 9.53 Å². The van der Waals surface area contributed by atoms with E-state index in [9.17, 15) is 9.59 Å². The number of carbonyl (C=O) groups excluding carboxylic acids is 1. The molecule has 0 unspecified atom stereocenters. The van der Waals surface area contributed by atoms with Gasteiger partial charge in [0, 0.05) is 9.50 Å². The topological polar surface area (TPSA) is 60.7 Å². The summed E-state index contributed by atoms with van der Waals surface area (Å²) in [6, 6.07) is 14.1. The SMILES string of the molecule is COC(=O)C1=C(C)N=c2s/c(=C/c3cccc(Br)c3)c(=O)n2[C@@H]1c1ccc(Cl)cc1. The van der Waals surface area contributed by atoms with E-state index in [2.05, 4.69) is 20.9 Å². The van der Waals surface area contributed by atoms with E-state index in [1.54, 1.807) is 35.8 Å². The zero-order valence-electron chi connectivity index (χ0n) is 16.1. The summed E-state index contributed by atoms with van der Waals surface area (Å²) in [5.41, 5.74) is 2.29. The van der Waals surface area contributed by atoms with E-state index in [1.165, 1.54) is 18.4 Å². The van der Waals surface area contributed by atoms with Crippen molar-refractivity contribution >= 4 is 50.9 Å². The van der Waals surface area contributed by atoms with Crippen LogP contribution in [0.1, 0.15) is 24.1 Å². The van der Waals surface area contributed by atoms with Crippen molar-refractivity contribution in [3.63, 3.8) is 0 Å². The molecule has 2 aromatic carbocycles. The number of esters is 1. The second-order valence-electron chi connectivity index (χ2n) is 6.68. The summed E-state index contributed by atoms with van der Waals surface area (Å²) in [6.45, 7) is 1.75. The number of allylic oxidation sites excluding steroid dienone is 1. The molecule has 0 saturated heterocycles. The van der Waals surface area contributed by atoms with Crippen LogP contribution in [0.5, 0.6) is 0 Å². The van der Waals surface area contributed by atoms with Crippen LogP contribution in [0.4, 0.5) is 0 Å². The molecule has 1 aliphatic rings. The number of aromatic nitrogens is 1. The smallest absolute Gasteiger partial charge is 0.338 e. The van der Waals surface area contributed by atoms with Crippen LogP contribution in [0, 0.1) is 0 Å². The zero-order chi connectivity index (χ0) is 21.4. The molecule has 0 fully saturated rings. The number of thiazole rings is 1. The van der Waals surface area contributed by atoms with Gasteiger partial charge >= 0.3 is 5.97 Å². The van der Waals surface area contributed by atoms with Crippen molar-refractivity contribution in [3.8, 4) is 0 Å². The number of ether oxygens (including phenoxy) is 1. The van der Waals surface area contributed by atoms with Crippen LogP contribution in [0.2, 0.25) is 5.02 Å². The molecule has 30 heavy (non-hydrogen) atoms. The third kappa shape index (κ3) is 3.80. The van der Waals surface area contributed by atoms with Gasteiger partial charge in [0.15, 0.2) is 4.80 Å². The number of hydrogen-bond acceptors (Lipinski definition) is 5. The third-order valence-corrected chi connectivity index (χ3v) is 6.49. The van der Waals surface area contributed by atoms with Gasteiger partial charge in [-0.1, -0.05) is 63.1 Å². The highest BCUT2D eigenvalue weighted by Gasteiger charge is 2.32. The fourth-order valence-electron chi connectivity index (χ4n) is 3.40. The van der Waals surface area contributed by atoms with Crippen LogP contribution in [0.3, 0.4) is 0 Å². The summed E-state index contributed by atoms with van der Waals surface area (Å²) in [7, 11) is 1.32. The van der Waals surface area contributed by atoms with Crippen molar-refractivity contribution in [1.29, 1.82) is 0 Å². The summed E-state index contributed by atoms with van der Waals surface area (Å²) in [5.74, 6) is -0.516. The molecule has 0 saturated carbocycles. The van der Waals surface area contributed by atoms with Crippen molar-refractivity contribution in [1.82, 2.24) is 4.57 Å². The summed E-state index contributed by atoms with van der Waals surface area (Å²) >= 11 is 10.8. The second kappa shape index (κ2) is 8.34. The second-order valence-corrected chi connectivity index (χ2v) is 9.04. The number of benzene rings is 2. The highest BCUT2D eigenvalue weighted by Crippen LogP contribution is 2.31. The van der Waals surface area contributed by atoms with E-state index < -0.39 is 12.0 Å². The number of nitrogens with zero attached hydrogens (tertiary/aromatic N) is 2. The molecule has 3 aromatic rings. The normalized spacial score (nSPS) is 16.3. The van der Waals surface area contributed by atoms with Gasteiger partial charge in [-0.2, -0.15) is 0 Å². The lowest BCUT2D eigenvalue weighted by atomic mass is 9.96. The average molecular weight is 504 g/mol. The monoisotopic (exact) mass is 502 g/mol. The van der Waals surface area contributed by atoms with Gasteiger partial charge in [0.2, 0.25) is 0 Å². The Hall–Kier alpha value is -2.48. The fourth-order valence-corrected chi connectivity index (χ4v) is 4.99. The first-order chi connectivity index (χ1) is 14.4. The molecule has 1 aromatic heterocycles. The lowest BCUT2D eigenvalue weighted by Crippen LogP contribution is -2.39. The molecule has 0 N–H and O–H groups in total. The molecule has 0 radical (unpaired) electrons. The Labute approximate surface area is 189 Å². The maximum atomic E-state index is 13.4. The molecule has 0 spiro atoms. The summed E-state index contributed by atoms with van der Waals surface area (Å²) in [4.78, 5) is 31.0. The fraction of sp³-hybridized carbons (Fsp3) is 0.136. The van der Waals surface area contributed by atoms with Gasteiger partial charge in [-0.15, -0.1) is 0 Å². The Balaban J connectivity index is 1.98. The molecule has 0 amide bonds. The van der Waals surface area contributed by atoms with Crippen molar-refractivity contribution < 1.29 is 9.53 Å². The number of fused-ring (bicyclic) bond motifs is 1. The molecular weight excluding hydrogens is 488 g/mol. The van der Waals surface area contributed by atoms with Crippen LogP contribution in [0.15, 0.2) is 74.1 Å². The van der Waals surface area contributed by atoms with Gasteiger partial charge in [0.1, 0.15) is 0 Å². The molecule has 2 heterocycles. The lowest BCUT2D eigenvalue weighted by molar-refractivity contribution is -0.136. The number of rotatable bonds is 3. The van der Waals surface area contributed by atoms with Gasteiger partial charge in [-0.3, -0.25) is 9.36 Å². The van der Waals surface area contributed by atoms with Crippen LogP contribution >= 0.6 is 38.9 Å². The number of carbonyl (C=O) groups is 1. The third-order valence-electron chi connectivity index (χ3n) is 4.76. The molecule has 5 nitrogen and oxygen atoms in total. The van der Waals surface area contributed by atoms with Crippen molar-refractivity contribution in [2.75, 3.05) is 7.11 Å². The van der Waals surface area contributed by atoms with E-state index in [0.717, 1.165) is 15.6 Å². The molecule has 0 bridgehead atoms. The first kappa shape index (κ1) is 20.8. The highest BCUT2D eigenvalue weighted by molar-refractivity contribution is 9.10. The van der Waals surface area contributed by atoms with Gasteiger partial charge < -0.3 is 4.74 Å². The molecule has 1 aliphatic heterocycles.